The third-order valence-corrected chi connectivity index (χ3v) is 3.61. The molecule has 0 aliphatic carbocycles. The number of benzene rings is 1. The van der Waals surface area contributed by atoms with Crippen molar-refractivity contribution < 1.29 is 14.3 Å². The predicted molar refractivity (Wildman–Crippen MR) is 79.7 cm³/mol. The lowest BCUT2D eigenvalue weighted by Gasteiger charge is -2.28. The zero-order chi connectivity index (χ0) is 15.6. The number of hydrogen-bond donors (Lipinski definition) is 2. The number of carbonyl (C=O) groups excluding carboxylic acids is 2. The standard InChI is InChI=1S/C16H20N2O3/c1-9(2)11-5-7-12(8-6-11)14-13(15(19)21-4)10(3)17-16(20)18-14/h5-9,14H,1-4H3,(H2,17,18,20)/t14-/m0/s1. The van der Waals surface area contributed by atoms with Gasteiger partial charge in [-0.1, -0.05) is 38.1 Å². The van der Waals surface area contributed by atoms with Gasteiger partial charge in [-0.25, -0.2) is 9.59 Å². The minimum absolute atomic E-state index is 0.321. The van der Waals surface area contributed by atoms with Crippen molar-refractivity contribution >= 4 is 12.0 Å². The number of rotatable bonds is 3. The Labute approximate surface area is 124 Å². The number of esters is 1. The number of methoxy groups -OCH3 is 1. The Morgan fingerprint density at radius 2 is 1.86 bits per heavy atom. The molecule has 112 valence electrons. The highest BCUT2D eigenvalue weighted by Crippen LogP contribution is 2.28. The first-order chi connectivity index (χ1) is 9.93. The second-order valence-electron chi connectivity index (χ2n) is 5.38. The molecule has 21 heavy (non-hydrogen) atoms. The van der Waals surface area contributed by atoms with Crippen molar-refractivity contribution in [1.82, 2.24) is 10.6 Å². The Morgan fingerprint density at radius 1 is 1.24 bits per heavy atom. The van der Waals surface area contributed by atoms with E-state index in [2.05, 4.69) is 24.5 Å². The zero-order valence-electron chi connectivity index (χ0n) is 12.7. The summed E-state index contributed by atoms with van der Waals surface area (Å²) in [4.78, 5) is 23.7. The average Bonchev–Trinajstić information content (AvgIpc) is 2.45. The Hall–Kier alpha value is -2.30. The number of allylic oxidation sites excluding steroid dienone is 1. The van der Waals surface area contributed by atoms with Crippen LogP contribution in [0.5, 0.6) is 0 Å². The van der Waals surface area contributed by atoms with Gasteiger partial charge in [-0.15, -0.1) is 0 Å². The highest BCUT2D eigenvalue weighted by molar-refractivity contribution is 5.94. The second-order valence-corrected chi connectivity index (χ2v) is 5.38. The van der Waals surface area contributed by atoms with Crippen LogP contribution in [0.4, 0.5) is 4.79 Å². The summed E-state index contributed by atoms with van der Waals surface area (Å²) in [7, 11) is 1.33. The molecule has 0 bridgehead atoms. The van der Waals surface area contributed by atoms with Gasteiger partial charge in [-0.05, 0) is 24.0 Å². The Bertz CT molecular complexity index is 588. The third-order valence-electron chi connectivity index (χ3n) is 3.61. The van der Waals surface area contributed by atoms with Crippen molar-refractivity contribution in [1.29, 1.82) is 0 Å². The maximum Gasteiger partial charge on any atom is 0.337 e. The SMILES string of the molecule is COC(=O)C1=C(C)NC(=O)N[C@H]1c1ccc(C(C)C)cc1. The summed E-state index contributed by atoms with van der Waals surface area (Å²) in [5, 5.41) is 5.37. The van der Waals surface area contributed by atoms with Gasteiger partial charge in [0, 0.05) is 5.70 Å². The Morgan fingerprint density at radius 3 is 2.38 bits per heavy atom. The van der Waals surface area contributed by atoms with E-state index in [1.54, 1.807) is 6.92 Å². The molecule has 0 radical (unpaired) electrons. The summed E-state index contributed by atoms with van der Waals surface area (Å²) >= 11 is 0. The van der Waals surface area contributed by atoms with Crippen LogP contribution >= 0.6 is 0 Å². The van der Waals surface area contributed by atoms with Crippen molar-refractivity contribution in [2.45, 2.75) is 32.7 Å². The molecule has 1 aromatic carbocycles. The van der Waals surface area contributed by atoms with Gasteiger partial charge < -0.3 is 15.4 Å². The molecular formula is C16H20N2O3. The molecule has 0 spiro atoms. The fourth-order valence-corrected chi connectivity index (χ4v) is 2.40. The topological polar surface area (TPSA) is 67.4 Å². The fraction of sp³-hybridized carbons (Fsp3) is 0.375. The van der Waals surface area contributed by atoms with Gasteiger partial charge in [0.1, 0.15) is 0 Å². The summed E-state index contributed by atoms with van der Waals surface area (Å²) in [6.45, 7) is 5.93. The third kappa shape index (κ3) is 3.07. The van der Waals surface area contributed by atoms with Crippen molar-refractivity contribution in [2.24, 2.45) is 0 Å². The van der Waals surface area contributed by atoms with Crippen LogP contribution in [0.25, 0.3) is 0 Å². The Balaban J connectivity index is 2.41. The lowest BCUT2D eigenvalue weighted by Crippen LogP contribution is -2.45. The molecule has 2 rings (SSSR count). The summed E-state index contributed by atoms with van der Waals surface area (Å²) < 4.78 is 4.82. The van der Waals surface area contributed by atoms with Gasteiger partial charge in [0.05, 0.1) is 18.7 Å². The molecule has 1 aliphatic rings. The van der Waals surface area contributed by atoms with Crippen LogP contribution in [-0.4, -0.2) is 19.1 Å². The number of amides is 2. The number of nitrogens with one attached hydrogen (secondary N) is 2. The van der Waals surface area contributed by atoms with Gasteiger partial charge in [-0.3, -0.25) is 0 Å². The van der Waals surface area contributed by atoms with Crippen LogP contribution in [0.3, 0.4) is 0 Å². The minimum atomic E-state index is -0.493. The number of urea groups is 1. The molecule has 1 atom stereocenters. The van der Waals surface area contributed by atoms with E-state index in [1.165, 1.54) is 12.7 Å². The monoisotopic (exact) mass is 288 g/mol. The zero-order valence-corrected chi connectivity index (χ0v) is 12.7. The molecule has 0 fully saturated rings. The van der Waals surface area contributed by atoms with Crippen LogP contribution < -0.4 is 10.6 Å². The number of hydrogen-bond acceptors (Lipinski definition) is 3. The smallest absolute Gasteiger partial charge is 0.337 e. The van der Waals surface area contributed by atoms with Crippen LogP contribution in [-0.2, 0) is 9.53 Å². The molecule has 5 nitrogen and oxygen atoms in total. The molecule has 0 aromatic heterocycles. The molecule has 2 amide bonds. The lowest BCUT2D eigenvalue weighted by atomic mass is 9.93. The molecule has 0 saturated heterocycles. The van der Waals surface area contributed by atoms with E-state index in [0.29, 0.717) is 17.2 Å². The van der Waals surface area contributed by atoms with E-state index in [0.717, 1.165) is 5.56 Å². The summed E-state index contributed by atoms with van der Waals surface area (Å²) in [6, 6.07) is 7.08. The normalized spacial score (nSPS) is 18.3. The van der Waals surface area contributed by atoms with E-state index in [1.807, 2.05) is 24.3 Å². The molecule has 1 aliphatic heterocycles. The molecule has 0 saturated carbocycles. The van der Waals surface area contributed by atoms with Gasteiger partial charge in [0.2, 0.25) is 0 Å². The fourth-order valence-electron chi connectivity index (χ4n) is 2.40. The first-order valence-electron chi connectivity index (χ1n) is 6.90. The maximum absolute atomic E-state index is 12.0. The van der Waals surface area contributed by atoms with Crippen LogP contribution in [0.15, 0.2) is 35.5 Å². The molecule has 1 heterocycles. The van der Waals surface area contributed by atoms with Crippen LogP contribution in [0.2, 0.25) is 0 Å². The number of carbonyl (C=O) groups is 2. The van der Waals surface area contributed by atoms with E-state index in [-0.39, 0.29) is 6.03 Å². The average molecular weight is 288 g/mol. The van der Waals surface area contributed by atoms with Crippen molar-refractivity contribution in [3.05, 3.63) is 46.7 Å². The van der Waals surface area contributed by atoms with Crippen molar-refractivity contribution in [3.63, 3.8) is 0 Å². The van der Waals surface area contributed by atoms with Crippen molar-refractivity contribution in [3.8, 4) is 0 Å². The van der Waals surface area contributed by atoms with E-state index < -0.39 is 12.0 Å². The van der Waals surface area contributed by atoms with Crippen LogP contribution in [0.1, 0.15) is 43.9 Å². The Kier molecular flexibility index (Phi) is 4.31. The van der Waals surface area contributed by atoms with Crippen molar-refractivity contribution in [2.75, 3.05) is 7.11 Å². The van der Waals surface area contributed by atoms with Crippen LogP contribution in [0, 0.1) is 0 Å². The summed E-state index contributed by atoms with van der Waals surface area (Å²) in [5.41, 5.74) is 3.01. The quantitative estimate of drug-likeness (QED) is 0.840. The largest absolute Gasteiger partial charge is 0.466 e. The van der Waals surface area contributed by atoms with Gasteiger partial charge in [0.25, 0.3) is 0 Å². The molecule has 0 unspecified atom stereocenters. The lowest BCUT2D eigenvalue weighted by molar-refractivity contribution is -0.136. The summed E-state index contributed by atoms with van der Waals surface area (Å²) in [5.74, 6) is -0.0167. The van der Waals surface area contributed by atoms with Gasteiger partial charge >= 0.3 is 12.0 Å². The first kappa shape index (κ1) is 15.1. The highest BCUT2D eigenvalue weighted by atomic mass is 16.5. The van der Waals surface area contributed by atoms with Gasteiger partial charge in [-0.2, -0.15) is 0 Å². The van der Waals surface area contributed by atoms with Gasteiger partial charge in [0.15, 0.2) is 0 Å². The number of ether oxygens (including phenoxy) is 1. The van der Waals surface area contributed by atoms with E-state index in [4.69, 9.17) is 4.74 Å². The molecule has 5 heteroatoms. The van der Waals surface area contributed by atoms with E-state index >= 15 is 0 Å². The second kappa shape index (κ2) is 5.99. The van der Waals surface area contributed by atoms with E-state index in [9.17, 15) is 9.59 Å². The summed E-state index contributed by atoms with van der Waals surface area (Å²) in [6.07, 6.45) is 0. The molecule has 2 N–H and O–H groups in total. The molecular weight excluding hydrogens is 268 g/mol. The maximum atomic E-state index is 12.0. The highest BCUT2D eigenvalue weighted by Gasteiger charge is 2.31. The first-order valence-corrected chi connectivity index (χ1v) is 6.90. The minimum Gasteiger partial charge on any atom is -0.466 e. The molecule has 1 aromatic rings. The predicted octanol–water partition coefficient (Wildman–Crippen LogP) is 2.61.